The number of fused-ring (bicyclic) bond motifs is 8. The average molecular weight is 412 g/mol. The van der Waals surface area contributed by atoms with E-state index in [4.69, 9.17) is 6.42 Å². The van der Waals surface area contributed by atoms with Crippen molar-refractivity contribution >= 4 is 46.4 Å². The van der Waals surface area contributed by atoms with Gasteiger partial charge in [0.1, 0.15) is 0 Å². The Morgan fingerprint density at radius 1 is 0.531 bits per heavy atom. The first-order chi connectivity index (χ1) is 15.7. The molecule has 8 bridgehead atoms. The van der Waals surface area contributed by atoms with Gasteiger partial charge in [-0.2, -0.15) is 0 Å². The second-order valence-corrected chi connectivity index (χ2v) is 7.42. The fraction of sp³-hybridized carbons (Fsp3) is 0. The van der Waals surface area contributed by atoms with Crippen LogP contribution < -0.4 is 0 Å². The van der Waals surface area contributed by atoms with Crippen molar-refractivity contribution in [3.05, 3.63) is 107 Å². The highest BCUT2D eigenvalue weighted by molar-refractivity contribution is 5.77. The maximum Gasteiger partial charge on any atom is 0.0658 e. The van der Waals surface area contributed by atoms with Crippen LogP contribution in [-0.4, -0.2) is 19.9 Å². The molecule has 6 rings (SSSR count). The average Bonchev–Trinajstić information content (AvgIpc) is 3.61. The summed E-state index contributed by atoms with van der Waals surface area (Å²) in [6, 6.07) is 26.0. The zero-order chi connectivity index (χ0) is 21.8. The zero-order valence-electron chi connectivity index (χ0n) is 17.3. The van der Waals surface area contributed by atoms with E-state index in [0.717, 1.165) is 50.4 Å². The van der Waals surface area contributed by atoms with Gasteiger partial charge in [-0.3, -0.25) is 0 Å². The Bertz CT molecular complexity index is 1350. The summed E-state index contributed by atoms with van der Waals surface area (Å²) in [6.45, 7) is 0. The molecule has 0 atom stereocenters. The second kappa shape index (κ2) is 8.63. The van der Waals surface area contributed by atoms with Crippen molar-refractivity contribution in [3.8, 4) is 12.3 Å². The van der Waals surface area contributed by atoms with Gasteiger partial charge in [0.15, 0.2) is 0 Å². The van der Waals surface area contributed by atoms with Crippen LogP contribution >= 0.6 is 0 Å². The molecule has 32 heavy (non-hydrogen) atoms. The van der Waals surface area contributed by atoms with E-state index in [9.17, 15) is 0 Å². The smallest absolute Gasteiger partial charge is 0.0658 e. The van der Waals surface area contributed by atoms with E-state index in [1.54, 1.807) is 0 Å². The van der Waals surface area contributed by atoms with Crippen molar-refractivity contribution in [2.75, 3.05) is 0 Å². The lowest BCUT2D eigenvalue weighted by Gasteiger charge is -1.85. The number of nitrogens with zero attached hydrogens (tertiary/aromatic N) is 2. The summed E-state index contributed by atoms with van der Waals surface area (Å²) in [5, 5.41) is 0. The van der Waals surface area contributed by atoms with Crippen LogP contribution in [0.1, 0.15) is 28.3 Å². The monoisotopic (exact) mass is 412 g/mol. The summed E-state index contributed by atoms with van der Waals surface area (Å²) in [7, 11) is 0. The lowest BCUT2D eigenvalue weighted by Crippen LogP contribution is -1.75. The molecule has 4 nitrogen and oxygen atoms in total. The number of hydrogen-bond donors (Lipinski definition) is 2. The zero-order valence-corrected chi connectivity index (χ0v) is 17.3. The molecule has 0 unspecified atom stereocenters. The summed E-state index contributed by atoms with van der Waals surface area (Å²) >= 11 is 0. The fourth-order valence-corrected chi connectivity index (χ4v) is 3.48. The Morgan fingerprint density at radius 3 is 1.22 bits per heavy atom. The van der Waals surface area contributed by atoms with Crippen molar-refractivity contribution < 1.29 is 0 Å². The molecule has 152 valence electrons. The summed E-state index contributed by atoms with van der Waals surface area (Å²) in [5.41, 5.74) is 8.80. The van der Waals surface area contributed by atoms with Gasteiger partial charge < -0.3 is 9.97 Å². The molecular weight excluding hydrogens is 392 g/mol. The van der Waals surface area contributed by atoms with Gasteiger partial charge in [-0.05, 0) is 85.0 Å². The number of hydrogen-bond acceptors (Lipinski definition) is 2. The molecule has 0 spiro atoms. The molecule has 0 fully saturated rings. The standard InChI is InChI=1S/C20H14N4.C8H6/c1-2-14-10-16-5-6-18(23-16)12-20-8-7-19(24-20)11-17-4-3-15(22-17)9-13(1)21-14;1-2-8-6-4-3-5-7-8/h1-12,21,24H;1,3-7H. The second-order valence-electron chi connectivity index (χ2n) is 7.42. The van der Waals surface area contributed by atoms with Crippen LogP contribution in [-0.2, 0) is 0 Å². The number of nitrogens with one attached hydrogen (secondary N) is 2. The van der Waals surface area contributed by atoms with Gasteiger partial charge in [-0.15, -0.1) is 6.42 Å². The summed E-state index contributed by atoms with van der Waals surface area (Å²) < 4.78 is 0. The van der Waals surface area contributed by atoms with Crippen LogP contribution in [0.5, 0.6) is 0 Å². The van der Waals surface area contributed by atoms with Gasteiger partial charge in [0, 0.05) is 27.6 Å². The minimum absolute atomic E-state index is 0.938. The Kier molecular flexibility index (Phi) is 5.22. The van der Waals surface area contributed by atoms with Crippen LogP contribution in [0.2, 0.25) is 0 Å². The molecule has 0 aliphatic carbocycles. The van der Waals surface area contributed by atoms with E-state index in [1.807, 2.05) is 78.9 Å². The summed E-state index contributed by atoms with van der Waals surface area (Å²) in [5.74, 6) is 2.53. The first-order valence-corrected chi connectivity index (χ1v) is 10.3. The van der Waals surface area contributed by atoms with Crippen LogP contribution in [0.3, 0.4) is 0 Å². The Balaban J connectivity index is 0.000000230. The predicted molar refractivity (Wildman–Crippen MR) is 133 cm³/mol. The third-order valence-electron chi connectivity index (χ3n) is 4.98. The fourth-order valence-electron chi connectivity index (χ4n) is 3.48. The maximum absolute atomic E-state index is 5.10. The number of benzene rings is 1. The number of aromatic amines is 2. The van der Waals surface area contributed by atoms with Gasteiger partial charge in [0.05, 0.1) is 22.8 Å². The SMILES string of the molecule is C#Cc1ccccc1.C1=Cc2cc3ccc(cc4nc(cc5ccc(cc1n2)[nH]5)C=C4)[nH]3. The molecule has 1 aromatic carbocycles. The van der Waals surface area contributed by atoms with E-state index in [2.05, 4.69) is 50.1 Å². The molecule has 4 aromatic rings. The van der Waals surface area contributed by atoms with Crippen molar-refractivity contribution in [1.82, 2.24) is 19.9 Å². The van der Waals surface area contributed by atoms with Crippen molar-refractivity contribution in [3.63, 3.8) is 0 Å². The topological polar surface area (TPSA) is 57.4 Å². The Hall–Kier alpha value is -4.62. The van der Waals surface area contributed by atoms with E-state index in [-0.39, 0.29) is 0 Å². The van der Waals surface area contributed by atoms with Crippen LogP contribution in [0.4, 0.5) is 0 Å². The molecule has 0 saturated heterocycles. The van der Waals surface area contributed by atoms with Crippen LogP contribution in [0.25, 0.3) is 46.4 Å². The molecule has 0 radical (unpaired) electrons. The third-order valence-corrected chi connectivity index (χ3v) is 4.98. The molecule has 4 heteroatoms. The van der Waals surface area contributed by atoms with E-state index in [1.165, 1.54) is 0 Å². The highest BCUT2D eigenvalue weighted by Crippen LogP contribution is 2.16. The summed E-state index contributed by atoms with van der Waals surface area (Å²) in [6.07, 6.45) is 13.2. The maximum atomic E-state index is 5.10. The number of rotatable bonds is 0. The van der Waals surface area contributed by atoms with Gasteiger partial charge in [0.2, 0.25) is 0 Å². The van der Waals surface area contributed by atoms with E-state index >= 15 is 0 Å². The first kappa shape index (κ1) is 19.3. The molecule has 0 saturated carbocycles. The lowest BCUT2D eigenvalue weighted by molar-refractivity contribution is 1.31. The van der Waals surface area contributed by atoms with E-state index < -0.39 is 0 Å². The number of H-pyrrole nitrogens is 2. The normalized spacial score (nSPS) is 11.5. The summed E-state index contributed by atoms with van der Waals surface area (Å²) in [4.78, 5) is 16.0. The van der Waals surface area contributed by atoms with Crippen LogP contribution in [0, 0.1) is 12.3 Å². The van der Waals surface area contributed by atoms with Gasteiger partial charge in [-0.1, -0.05) is 24.1 Å². The molecule has 2 N–H and O–H groups in total. The van der Waals surface area contributed by atoms with E-state index in [0.29, 0.717) is 0 Å². The van der Waals surface area contributed by atoms with Gasteiger partial charge in [0.25, 0.3) is 0 Å². The Morgan fingerprint density at radius 2 is 0.906 bits per heavy atom. The largest absolute Gasteiger partial charge is 0.355 e. The first-order valence-electron chi connectivity index (χ1n) is 10.3. The minimum Gasteiger partial charge on any atom is -0.355 e. The molecule has 2 aliphatic heterocycles. The predicted octanol–water partition coefficient (Wildman–Crippen LogP) is 6.32. The molecule has 3 aromatic heterocycles. The van der Waals surface area contributed by atoms with Crippen molar-refractivity contribution in [1.29, 1.82) is 0 Å². The quantitative estimate of drug-likeness (QED) is 0.287. The minimum atomic E-state index is 0.938. The van der Waals surface area contributed by atoms with Crippen molar-refractivity contribution in [2.24, 2.45) is 0 Å². The highest BCUT2D eigenvalue weighted by atomic mass is 14.8. The molecule has 0 amide bonds. The number of terminal acetylenes is 1. The van der Waals surface area contributed by atoms with Gasteiger partial charge in [-0.25, -0.2) is 9.97 Å². The highest BCUT2D eigenvalue weighted by Gasteiger charge is 2.01. The Labute approximate surface area is 186 Å². The molecule has 2 aliphatic rings. The van der Waals surface area contributed by atoms with Crippen molar-refractivity contribution in [2.45, 2.75) is 0 Å². The molecular formula is C28H20N4. The number of aromatic nitrogens is 4. The molecule has 5 heterocycles. The van der Waals surface area contributed by atoms with Gasteiger partial charge >= 0.3 is 0 Å². The lowest BCUT2D eigenvalue weighted by atomic mass is 10.2. The third kappa shape index (κ3) is 4.58. The van der Waals surface area contributed by atoms with Crippen LogP contribution in [0.15, 0.2) is 78.9 Å².